The van der Waals surface area contributed by atoms with Gasteiger partial charge in [-0.15, -0.1) is 23.2 Å². The number of alkyl halides is 2. The van der Waals surface area contributed by atoms with Crippen molar-refractivity contribution in [3.8, 4) is 0 Å². The molecule has 2 amide bonds. The SMILES string of the molecule is CN1SC(Cl)CC1=O.CN1SC(Cl)CC1=O. The van der Waals surface area contributed by atoms with E-state index in [1.807, 2.05) is 0 Å². The maximum Gasteiger partial charge on any atom is 0.234 e. The largest absolute Gasteiger partial charge is 0.288 e. The highest BCUT2D eigenvalue weighted by atomic mass is 35.5. The smallest absolute Gasteiger partial charge is 0.234 e. The maximum absolute atomic E-state index is 10.6. The Bertz CT molecular complexity index is 265. The van der Waals surface area contributed by atoms with Gasteiger partial charge in [-0.05, 0) is 23.9 Å². The molecule has 0 N–H and O–H groups in total. The lowest BCUT2D eigenvalue weighted by atomic mass is 10.5. The van der Waals surface area contributed by atoms with Crippen LogP contribution < -0.4 is 0 Å². The first-order valence-electron chi connectivity index (χ1n) is 4.55. The van der Waals surface area contributed by atoms with Gasteiger partial charge in [0.1, 0.15) is 9.42 Å². The van der Waals surface area contributed by atoms with Gasteiger partial charge in [-0.25, -0.2) is 0 Å². The molecule has 0 radical (unpaired) electrons. The van der Waals surface area contributed by atoms with Crippen LogP contribution in [0.2, 0.25) is 0 Å². The molecule has 0 aromatic rings. The molecule has 0 aromatic heterocycles. The van der Waals surface area contributed by atoms with Gasteiger partial charge in [-0.1, -0.05) is 0 Å². The number of rotatable bonds is 0. The standard InChI is InChI=1S/2C4H6ClNOS/c2*1-6-4(7)2-3(5)8-6/h2*3H,2H2,1H3. The predicted molar refractivity (Wildman–Crippen MR) is 69.2 cm³/mol. The summed E-state index contributed by atoms with van der Waals surface area (Å²) >= 11 is 14.0. The van der Waals surface area contributed by atoms with E-state index in [1.54, 1.807) is 22.7 Å². The number of carbonyl (C=O) groups excluding carboxylic acids is 2. The normalized spacial score (nSPS) is 29.5. The summed E-state index contributed by atoms with van der Waals surface area (Å²) in [7, 11) is 3.46. The second-order valence-electron chi connectivity index (χ2n) is 3.22. The van der Waals surface area contributed by atoms with Crippen molar-refractivity contribution in [1.82, 2.24) is 8.61 Å². The van der Waals surface area contributed by atoms with Crippen molar-refractivity contribution in [3.63, 3.8) is 0 Å². The van der Waals surface area contributed by atoms with Crippen molar-refractivity contribution >= 4 is 58.9 Å². The van der Waals surface area contributed by atoms with E-state index in [2.05, 4.69) is 0 Å². The Morgan fingerprint density at radius 1 is 1.00 bits per heavy atom. The first-order chi connectivity index (χ1) is 7.40. The van der Waals surface area contributed by atoms with Gasteiger partial charge in [0.25, 0.3) is 0 Å². The summed E-state index contributed by atoms with van der Waals surface area (Å²) in [6, 6.07) is 0. The molecule has 16 heavy (non-hydrogen) atoms. The first-order valence-corrected chi connectivity index (χ1v) is 7.09. The van der Waals surface area contributed by atoms with Gasteiger partial charge in [0.05, 0.1) is 12.8 Å². The fourth-order valence-corrected chi connectivity index (χ4v) is 3.55. The van der Waals surface area contributed by atoms with Crippen molar-refractivity contribution in [2.75, 3.05) is 14.1 Å². The van der Waals surface area contributed by atoms with Gasteiger partial charge in [-0.3, -0.25) is 18.2 Å². The van der Waals surface area contributed by atoms with Crippen LogP contribution in [0.5, 0.6) is 0 Å². The summed E-state index contributed by atoms with van der Waals surface area (Å²) in [5.74, 6) is 0.241. The zero-order valence-electron chi connectivity index (χ0n) is 8.85. The molecular weight excluding hydrogens is 291 g/mol. The minimum atomic E-state index is -0.0347. The van der Waals surface area contributed by atoms with Crippen molar-refractivity contribution in [2.24, 2.45) is 0 Å². The molecule has 2 heterocycles. The average Bonchev–Trinajstić information content (AvgIpc) is 2.58. The number of nitrogens with zero attached hydrogens (tertiary/aromatic N) is 2. The zero-order valence-corrected chi connectivity index (χ0v) is 12.0. The maximum atomic E-state index is 10.6. The molecular formula is C8H12Cl2N2O2S2. The third kappa shape index (κ3) is 4.24. The molecule has 0 aromatic carbocycles. The van der Waals surface area contributed by atoms with E-state index in [1.165, 1.54) is 23.9 Å². The molecule has 2 fully saturated rings. The lowest BCUT2D eigenvalue weighted by Crippen LogP contribution is -2.10. The molecule has 92 valence electrons. The van der Waals surface area contributed by atoms with Crippen molar-refractivity contribution in [2.45, 2.75) is 22.3 Å². The van der Waals surface area contributed by atoms with E-state index in [4.69, 9.17) is 23.2 Å². The molecule has 0 spiro atoms. The number of hydrogen-bond donors (Lipinski definition) is 0. The fourth-order valence-electron chi connectivity index (χ4n) is 1.07. The molecule has 2 aliphatic heterocycles. The highest BCUT2D eigenvalue weighted by Gasteiger charge is 2.26. The second kappa shape index (κ2) is 6.23. The van der Waals surface area contributed by atoms with Crippen LogP contribution in [0.3, 0.4) is 0 Å². The Labute approximate surface area is 113 Å². The molecule has 0 aliphatic carbocycles. The lowest BCUT2D eigenvalue weighted by Gasteiger charge is -2.02. The van der Waals surface area contributed by atoms with Gasteiger partial charge in [0, 0.05) is 14.1 Å². The Hall–Kier alpha value is 0.220. The van der Waals surface area contributed by atoms with Crippen LogP contribution in [-0.2, 0) is 9.59 Å². The number of amides is 2. The molecule has 8 heteroatoms. The third-order valence-electron chi connectivity index (χ3n) is 1.92. The second-order valence-corrected chi connectivity index (χ2v) is 7.45. The number of hydrogen-bond acceptors (Lipinski definition) is 4. The van der Waals surface area contributed by atoms with Crippen LogP contribution in [0.25, 0.3) is 0 Å². The van der Waals surface area contributed by atoms with E-state index in [-0.39, 0.29) is 21.2 Å². The average molecular weight is 303 g/mol. The Kier molecular flexibility index (Phi) is 5.56. The van der Waals surface area contributed by atoms with E-state index in [0.717, 1.165) is 0 Å². The van der Waals surface area contributed by atoms with E-state index < -0.39 is 0 Å². The minimum absolute atomic E-state index is 0.0347. The topological polar surface area (TPSA) is 40.6 Å². The summed E-state index contributed by atoms with van der Waals surface area (Å²) in [6.45, 7) is 0. The molecule has 2 saturated heterocycles. The van der Waals surface area contributed by atoms with Gasteiger partial charge in [-0.2, -0.15) is 0 Å². The van der Waals surface area contributed by atoms with Crippen LogP contribution in [0.15, 0.2) is 0 Å². The van der Waals surface area contributed by atoms with Gasteiger partial charge >= 0.3 is 0 Å². The Balaban J connectivity index is 0.000000160. The molecule has 2 aliphatic rings. The summed E-state index contributed by atoms with van der Waals surface area (Å²) in [4.78, 5) is 21.2. The quantitative estimate of drug-likeness (QED) is 0.508. The minimum Gasteiger partial charge on any atom is -0.288 e. The molecule has 2 atom stereocenters. The summed E-state index contributed by atoms with van der Waals surface area (Å²) in [6.07, 6.45) is 0.950. The summed E-state index contributed by atoms with van der Waals surface area (Å²) in [5.41, 5.74) is 0. The van der Waals surface area contributed by atoms with E-state index in [0.29, 0.717) is 12.8 Å². The number of carbonyl (C=O) groups is 2. The van der Waals surface area contributed by atoms with Crippen LogP contribution in [0, 0.1) is 0 Å². The van der Waals surface area contributed by atoms with Crippen LogP contribution in [-0.4, -0.2) is 43.9 Å². The van der Waals surface area contributed by atoms with Crippen molar-refractivity contribution < 1.29 is 9.59 Å². The van der Waals surface area contributed by atoms with Crippen molar-refractivity contribution in [3.05, 3.63) is 0 Å². The highest BCUT2D eigenvalue weighted by Crippen LogP contribution is 2.30. The lowest BCUT2D eigenvalue weighted by molar-refractivity contribution is -0.124. The van der Waals surface area contributed by atoms with Gasteiger partial charge < -0.3 is 0 Å². The zero-order chi connectivity index (χ0) is 12.3. The fraction of sp³-hybridized carbons (Fsp3) is 0.750. The third-order valence-corrected chi connectivity index (χ3v) is 4.53. The van der Waals surface area contributed by atoms with E-state index >= 15 is 0 Å². The molecule has 0 saturated carbocycles. The molecule has 4 nitrogen and oxygen atoms in total. The summed E-state index contributed by atoms with van der Waals surface area (Å²) < 4.78 is 3.06. The van der Waals surface area contributed by atoms with Gasteiger partial charge in [0.15, 0.2) is 0 Å². The van der Waals surface area contributed by atoms with E-state index in [9.17, 15) is 9.59 Å². The summed E-state index contributed by atoms with van der Waals surface area (Å²) in [5, 5.41) is 0. The molecule has 0 bridgehead atoms. The number of halogens is 2. The highest BCUT2D eigenvalue weighted by molar-refractivity contribution is 8.00. The van der Waals surface area contributed by atoms with Crippen LogP contribution in [0.1, 0.15) is 12.8 Å². The Morgan fingerprint density at radius 2 is 1.31 bits per heavy atom. The molecule has 2 rings (SSSR count). The van der Waals surface area contributed by atoms with Crippen LogP contribution >= 0.6 is 47.1 Å². The van der Waals surface area contributed by atoms with Crippen molar-refractivity contribution in [1.29, 1.82) is 0 Å². The predicted octanol–water partition coefficient (Wildman–Crippen LogP) is 2.12. The molecule has 2 unspecified atom stereocenters. The monoisotopic (exact) mass is 302 g/mol. The first kappa shape index (κ1) is 14.3. The van der Waals surface area contributed by atoms with Gasteiger partial charge in [0.2, 0.25) is 11.8 Å². The van der Waals surface area contributed by atoms with Crippen LogP contribution in [0.4, 0.5) is 0 Å². The Morgan fingerprint density at radius 3 is 1.38 bits per heavy atom.